The van der Waals surface area contributed by atoms with Crippen LogP contribution in [-0.4, -0.2) is 25.5 Å². The minimum absolute atomic E-state index is 0.195. The normalized spacial score (nSPS) is 20.8. The summed E-state index contributed by atoms with van der Waals surface area (Å²) in [5.74, 6) is 0.708. The highest BCUT2D eigenvalue weighted by Gasteiger charge is 2.51. The Labute approximate surface area is 171 Å². The van der Waals surface area contributed by atoms with Gasteiger partial charge in [0.25, 0.3) is 0 Å². The number of hydrogen-bond donors (Lipinski definition) is 1. The molecule has 2 fully saturated rings. The number of benzene rings is 2. The summed E-state index contributed by atoms with van der Waals surface area (Å²) in [6.45, 7) is 2.82. The highest BCUT2D eigenvalue weighted by Crippen LogP contribution is 2.48. The Morgan fingerprint density at radius 1 is 1.12 bits per heavy atom. The van der Waals surface area contributed by atoms with E-state index in [9.17, 15) is 4.79 Å². The van der Waals surface area contributed by atoms with Crippen LogP contribution in [0.1, 0.15) is 24.8 Å². The van der Waals surface area contributed by atoms with Crippen LogP contribution in [0.5, 0.6) is 0 Å². The lowest BCUT2D eigenvalue weighted by Gasteiger charge is -2.20. The van der Waals surface area contributed by atoms with Crippen LogP contribution in [0.25, 0.3) is 0 Å². The van der Waals surface area contributed by atoms with Crippen LogP contribution >= 0.6 is 31.9 Å². The Morgan fingerprint density at radius 3 is 2.58 bits per heavy atom. The van der Waals surface area contributed by atoms with E-state index in [0.717, 1.165) is 53.4 Å². The van der Waals surface area contributed by atoms with Crippen LogP contribution in [-0.2, 0) is 10.2 Å². The van der Waals surface area contributed by atoms with Crippen LogP contribution in [0, 0.1) is 5.92 Å². The first-order valence-electron chi connectivity index (χ1n) is 9.12. The fourth-order valence-electron chi connectivity index (χ4n) is 3.85. The van der Waals surface area contributed by atoms with Gasteiger partial charge in [-0.05, 0) is 61.1 Å². The number of amides is 1. The van der Waals surface area contributed by atoms with Crippen LogP contribution in [0.3, 0.4) is 0 Å². The van der Waals surface area contributed by atoms with Crippen molar-refractivity contribution in [1.82, 2.24) is 5.32 Å². The van der Waals surface area contributed by atoms with E-state index in [-0.39, 0.29) is 11.3 Å². The molecule has 1 atom stereocenters. The van der Waals surface area contributed by atoms with Gasteiger partial charge in [0.2, 0.25) is 5.91 Å². The molecular weight excluding hydrogens is 456 g/mol. The standard InChI is InChI=1S/C21H22Br2N2O/c22-17-6-4-16(5-7-17)21(9-10-21)20(26)24-13-15-8-11-25(14-15)19-3-1-2-18(23)12-19/h1-7,12,15H,8-11,13-14H2,(H,24,26). The second kappa shape index (κ2) is 7.35. The Bertz CT molecular complexity index is 802. The number of carbonyl (C=O) groups is 1. The summed E-state index contributed by atoms with van der Waals surface area (Å²) in [5.41, 5.74) is 2.10. The summed E-state index contributed by atoms with van der Waals surface area (Å²) in [7, 11) is 0. The number of anilines is 1. The van der Waals surface area contributed by atoms with E-state index in [0.29, 0.717) is 5.92 Å². The molecule has 3 nitrogen and oxygen atoms in total. The molecule has 1 N–H and O–H groups in total. The number of halogens is 2. The van der Waals surface area contributed by atoms with E-state index >= 15 is 0 Å². The van der Waals surface area contributed by atoms with Crippen molar-refractivity contribution in [3.8, 4) is 0 Å². The van der Waals surface area contributed by atoms with Crippen LogP contribution in [0.4, 0.5) is 5.69 Å². The molecule has 0 spiro atoms. The predicted octanol–water partition coefficient (Wildman–Crippen LogP) is 4.89. The molecule has 1 unspecified atom stereocenters. The summed E-state index contributed by atoms with van der Waals surface area (Å²) in [5, 5.41) is 3.24. The maximum atomic E-state index is 12.8. The minimum Gasteiger partial charge on any atom is -0.371 e. The van der Waals surface area contributed by atoms with E-state index < -0.39 is 0 Å². The van der Waals surface area contributed by atoms with E-state index in [1.165, 1.54) is 5.69 Å². The molecule has 0 bridgehead atoms. The molecule has 136 valence electrons. The van der Waals surface area contributed by atoms with Gasteiger partial charge in [0, 0.05) is 34.3 Å². The summed E-state index contributed by atoms with van der Waals surface area (Å²) >= 11 is 7.01. The molecule has 5 heteroatoms. The first-order chi connectivity index (χ1) is 12.6. The van der Waals surface area contributed by atoms with Crippen molar-refractivity contribution < 1.29 is 4.79 Å². The average Bonchev–Trinajstić information content (AvgIpc) is 3.31. The molecule has 1 saturated carbocycles. The fraction of sp³-hybridized carbons (Fsp3) is 0.381. The summed E-state index contributed by atoms with van der Waals surface area (Å²) < 4.78 is 2.16. The van der Waals surface area contributed by atoms with Gasteiger partial charge < -0.3 is 10.2 Å². The second-order valence-electron chi connectivity index (χ2n) is 7.38. The van der Waals surface area contributed by atoms with Gasteiger partial charge in [0.05, 0.1) is 5.41 Å². The average molecular weight is 478 g/mol. The third-order valence-corrected chi connectivity index (χ3v) is 6.61. The molecule has 2 aromatic rings. The van der Waals surface area contributed by atoms with Crippen molar-refractivity contribution in [3.05, 3.63) is 63.0 Å². The van der Waals surface area contributed by atoms with Crippen molar-refractivity contribution in [1.29, 1.82) is 0 Å². The molecule has 1 aliphatic carbocycles. The smallest absolute Gasteiger partial charge is 0.230 e. The zero-order valence-corrected chi connectivity index (χ0v) is 17.7. The number of hydrogen-bond acceptors (Lipinski definition) is 2. The first kappa shape index (κ1) is 18.1. The lowest BCUT2D eigenvalue weighted by molar-refractivity contribution is -0.123. The Kier molecular flexibility index (Phi) is 5.11. The van der Waals surface area contributed by atoms with Crippen molar-refractivity contribution in [2.45, 2.75) is 24.7 Å². The molecule has 0 aromatic heterocycles. The van der Waals surface area contributed by atoms with Crippen molar-refractivity contribution >= 4 is 43.5 Å². The van der Waals surface area contributed by atoms with Crippen molar-refractivity contribution in [2.75, 3.05) is 24.5 Å². The van der Waals surface area contributed by atoms with Crippen LogP contribution < -0.4 is 10.2 Å². The minimum atomic E-state index is -0.288. The maximum absolute atomic E-state index is 12.8. The Hall–Kier alpha value is -1.33. The third-order valence-electron chi connectivity index (χ3n) is 5.59. The van der Waals surface area contributed by atoms with Crippen LogP contribution in [0.15, 0.2) is 57.5 Å². The lowest BCUT2D eigenvalue weighted by atomic mass is 9.95. The zero-order valence-electron chi connectivity index (χ0n) is 14.6. The van der Waals surface area contributed by atoms with E-state index in [1.807, 2.05) is 12.1 Å². The maximum Gasteiger partial charge on any atom is 0.230 e. The third kappa shape index (κ3) is 3.70. The molecule has 2 aromatic carbocycles. The molecule has 1 saturated heterocycles. The highest BCUT2D eigenvalue weighted by atomic mass is 79.9. The summed E-state index contributed by atoms with van der Waals surface area (Å²) in [6, 6.07) is 16.6. The van der Waals surface area contributed by atoms with Gasteiger partial charge in [0.1, 0.15) is 0 Å². The zero-order chi connectivity index (χ0) is 18.1. The highest BCUT2D eigenvalue weighted by molar-refractivity contribution is 9.10. The lowest BCUT2D eigenvalue weighted by Crippen LogP contribution is -2.38. The second-order valence-corrected chi connectivity index (χ2v) is 9.21. The van der Waals surface area contributed by atoms with Gasteiger partial charge in [-0.2, -0.15) is 0 Å². The molecule has 1 heterocycles. The monoisotopic (exact) mass is 476 g/mol. The van der Waals surface area contributed by atoms with Gasteiger partial charge >= 0.3 is 0 Å². The fourth-order valence-corrected chi connectivity index (χ4v) is 4.51. The molecule has 1 aliphatic heterocycles. The Morgan fingerprint density at radius 2 is 1.88 bits per heavy atom. The quantitative estimate of drug-likeness (QED) is 0.665. The number of nitrogens with zero attached hydrogens (tertiary/aromatic N) is 1. The molecule has 26 heavy (non-hydrogen) atoms. The summed E-state index contributed by atoms with van der Waals surface area (Å²) in [6.07, 6.45) is 3.03. The number of rotatable bonds is 5. The molecule has 1 amide bonds. The van der Waals surface area contributed by atoms with Crippen LogP contribution in [0.2, 0.25) is 0 Å². The predicted molar refractivity (Wildman–Crippen MR) is 113 cm³/mol. The van der Waals surface area contributed by atoms with Gasteiger partial charge in [-0.15, -0.1) is 0 Å². The molecule has 4 rings (SSSR count). The topological polar surface area (TPSA) is 32.3 Å². The van der Waals surface area contributed by atoms with Crippen molar-refractivity contribution in [2.24, 2.45) is 5.92 Å². The van der Waals surface area contributed by atoms with Gasteiger partial charge in [-0.25, -0.2) is 0 Å². The molecule has 0 radical (unpaired) electrons. The van der Waals surface area contributed by atoms with E-state index in [2.05, 4.69) is 78.5 Å². The first-order valence-corrected chi connectivity index (χ1v) is 10.7. The summed E-state index contributed by atoms with van der Waals surface area (Å²) in [4.78, 5) is 15.2. The molecular formula is C21H22Br2N2O. The largest absolute Gasteiger partial charge is 0.371 e. The van der Waals surface area contributed by atoms with Gasteiger partial charge in [0.15, 0.2) is 0 Å². The number of carbonyl (C=O) groups excluding carboxylic acids is 1. The Balaban J connectivity index is 1.33. The van der Waals surface area contributed by atoms with Gasteiger partial charge in [-0.1, -0.05) is 50.1 Å². The number of nitrogens with one attached hydrogen (secondary N) is 1. The SMILES string of the molecule is O=C(NCC1CCN(c2cccc(Br)c2)C1)C1(c2ccc(Br)cc2)CC1. The van der Waals surface area contributed by atoms with Gasteiger partial charge in [-0.3, -0.25) is 4.79 Å². The molecule has 2 aliphatic rings. The van der Waals surface area contributed by atoms with Crippen molar-refractivity contribution in [3.63, 3.8) is 0 Å². The van der Waals surface area contributed by atoms with E-state index in [1.54, 1.807) is 0 Å². The van der Waals surface area contributed by atoms with E-state index in [4.69, 9.17) is 0 Å².